The number of hydrogen-bond acceptors (Lipinski definition) is 4. The van der Waals surface area contributed by atoms with Crippen molar-refractivity contribution in [3.8, 4) is 0 Å². The van der Waals surface area contributed by atoms with Crippen LogP contribution in [0, 0.1) is 5.92 Å². The molecule has 88 valence electrons. The third-order valence-corrected chi connectivity index (χ3v) is 3.37. The van der Waals surface area contributed by atoms with E-state index in [2.05, 4.69) is 15.3 Å². The molecule has 1 aliphatic rings. The van der Waals surface area contributed by atoms with Crippen molar-refractivity contribution >= 4 is 5.82 Å². The SMILES string of the molecule is NCC(Nc1cnccn1)C1CCCCC1. The molecule has 0 bridgehead atoms. The lowest BCUT2D eigenvalue weighted by molar-refractivity contribution is 0.320. The average Bonchev–Trinajstić information content (AvgIpc) is 2.38. The standard InChI is InChI=1S/C12H20N4/c13-8-11(10-4-2-1-3-5-10)16-12-9-14-6-7-15-12/h6-7,9-11H,1-5,8,13H2,(H,15,16). The molecule has 1 saturated carbocycles. The molecule has 0 amide bonds. The van der Waals surface area contributed by atoms with Gasteiger partial charge in [0, 0.05) is 25.0 Å². The van der Waals surface area contributed by atoms with E-state index < -0.39 is 0 Å². The molecule has 0 aromatic carbocycles. The van der Waals surface area contributed by atoms with Crippen LogP contribution in [0.15, 0.2) is 18.6 Å². The Bertz CT molecular complexity index is 295. The van der Waals surface area contributed by atoms with E-state index in [9.17, 15) is 0 Å². The summed E-state index contributed by atoms with van der Waals surface area (Å²) in [4.78, 5) is 8.28. The highest BCUT2D eigenvalue weighted by Crippen LogP contribution is 2.27. The zero-order chi connectivity index (χ0) is 11.2. The maximum absolute atomic E-state index is 5.84. The van der Waals surface area contributed by atoms with Gasteiger partial charge in [-0.1, -0.05) is 19.3 Å². The monoisotopic (exact) mass is 220 g/mol. The van der Waals surface area contributed by atoms with Crippen LogP contribution in [-0.2, 0) is 0 Å². The van der Waals surface area contributed by atoms with Crippen molar-refractivity contribution < 1.29 is 0 Å². The quantitative estimate of drug-likeness (QED) is 0.812. The van der Waals surface area contributed by atoms with E-state index in [0.717, 1.165) is 5.82 Å². The van der Waals surface area contributed by atoms with Crippen molar-refractivity contribution in [1.82, 2.24) is 9.97 Å². The average molecular weight is 220 g/mol. The molecular formula is C12H20N4. The van der Waals surface area contributed by atoms with E-state index in [0.29, 0.717) is 18.5 Å². The number of aromatic nitrogens is 2. The minimum Gasteiger partial charge on any atom is -0.365 e. The fraction of sp³-hybridized carbons (Fsp3) is 0.667. The van der Waals surface area contributed by atoms with Gasteiger partial charge in [0.05, 0.1) is 6.20 Å². The van der Waals surface area contributed by atoms with E-state index in [1.54, 1.807) is 18.6 Å². The molecule has 1 heterocycles. The normalized spacial score (nSPS) is 19.3. The fourth-order valence-corrected chi connectivity index (χ4v) is 2.47. The van der Waals surface area contributed by atoms with E-state index in [-0.39, 0.29) is 0 Å². The Hall–Kier alpha value is -1.16. The lowest BCUT2D eigenvalue weighted by Gasteiger charge is -2.30. The first kappa shape index (κ1) is 11.3. The fourth-order valence-electron chi connectivity index (χ4n) is 2.47. The van der Waals surface area contributed by atoms with E-state index >= 15 is 0 Å². The molecule has 3 N–H and O–H groups in total. The van der Waals surface area contributed by atoms with Gasteiger partial charge in [0.2, 0.25) is 0 Å². The zero-order valence-corrected chi connectivity index (χ0v) is 9.60. The highest BCUT2D eigenvalue weighted by atomic mass is 15.0. The van der Waals surface area contributed by atoms with Crippen LogP contribution in [0.4, 0.5) is 5.82 Å². The topological polar surface area (TPSA) is 63.8 Å². The highest BCUT2D eigenvalue weighted by Gasteiger charge is 2.22. The van der Waals surface area contributed by atoms with Crippen LogP contribution >= 0.6 is 0 Å². The van der Waals surface area contributed by atoms with Gasteiger partial charge in [-0.05, 0) is 18.8 Å². The second-order valence-corrected chi connectivity index (χ2v) is 4.48. The first-order valence-corrected chi connectivity index (χ1v) is 6.13. The second kappa shape index (κ2) is 5.80. The van der Waals surface area contributed by atoms with Crippen LogP contribution in [0.2, 0.25) is 0 Å². The van der Waals surface area contributed by atoms with Gasteiger partial charge in [-0.3, -0.25) is 4.98 Å². The Labute approximate surface area is 96.7 Å². The molecule has 0 aliphatic heterocycles. The van der Waals surface area contributed by atoms with Crippen LogP contribution in [0.25, 0.3) is 0 Å². The summed E-state index contributed by atoms with van der Waals surface area (Å²) in [7, 11) is 0. The van der Waals surface area contributed by atoms with Gasteiger partial charge in [-0.2, -0.15) is 0 Å². The minimum atomic E-state index is 0.344. The largest absolute Gasteiger partial charge is 0.365 e. The van der Waals surface area contributed by atoms with Gasteiger partial charge >= 0.3 is 0 Å². The van der Waals surface area contributed by atoms with Crippen molar-refractivity contribution in [1.29, 1.82) is 0 Å². The van der Waals surface area contributed by atoms with Gasteiger partial charge in [0.1, 0.15) is 5.82 Å². The Balaban J connectivity index is 1.94. The van der Waals surface area contributed by atoms with Gasteiger partial charge in [-0.25, -0.2) is 4.98 Å². The summed E-state index contributed by atoms with van der Waals surface area (Å²) in [6, 6.07) is 0.344. The molecule has 1 atom stereocenters. The van der Waals surface area contributed by atoms with Gasteiger partial charge in [0.25, 0.3) is 0 Å². The summed E-state index contributed by atoms with van der Waals surface area (Å²) in [6.07, 6.45) is 11.8. The van der Waals surface area contributed by atoms with Crippen molar-refractivity contribution in [2.45, 2.75) is 38.1 Å². The van der Waals surface area contributed by atoms with Crippen LogP contribution in [0.3, 0.4) is 0 Å². The first-order chi connectivity index (χ1) is 7.90. The molecule has 1 aliphatic carbocycles. The second-order valence-electron chi connectivity index (χ2n) is 4.48. The van der Waals surface area contributed by atoms with E-state index in [1.165, 1.54) is 32.1 Å². The summed E-state index contributed by atoms with van der Waals surface area (Å²) in [5, 5.41) is 3.40. The summed E-state index contributed by atoms with van der Waals surface area (Å²) in [5.74, 6) is 1.53. The van der Waals surface area contributed by atoms with E-state index in [4.69, 9.17) is 5.73 Å². The van der Waals surface area contributed by atoms with Gasteiger partial charge in [0.15, 0.2) is 0 Å². The summed E-state index contributed by atoms with van der Waals surface area (Å²) >= 11 is 0. The van der Waals surface area contributed by atoms with Crippen molar-refractivity contribution in [3.63, 3.8) is 0 Å². The maximum atomic E-state index is 5.84. The molecule has 1 aromatic rings. The number of hydrogen-bond donors (Lipinski definition) is 2. The molecule has 0 radical (unpaired) electrons. The zero-order valence-electron chi connectivity index (χ0n) is 9.60. The minimum absolute atomic E-state index is 0.344. The van der Waals surface area contributed by atoms with Crippen LogP contribution < -0.4 is 11.1 Å². The van der Waals surface area contributed by atoms with Crippen LogP contribution in [0.1, 0.15) is 32.1 Å². The Morgan fingerprint density at radius 3 is 2.75 bits per heavy atom. The smallest absolute Gasteiger partial charge is 0.144 e. The van der Waals surface area contributed by atoms with E-state index in [1.807, 2.05) is 0 Å². The molecule has 16 heavy (non-hydrogen) atoms. The maximum Gasteiger partial charge on any atom is 0.144 e. The third-order valence-electron chi connectivity index (χ3n) is 3.37. The summed E-state index contributed by atoms with van der Waals surface area (Å²) in [5.41, 5.74) is 5.84. The lowest BCUT2D eigenvalue weighted by atomic mass is 9.84. The number of rotatable bonds is 4. The predicted molar refractivity (Wildman–Crippen MR) is 65.1 cm³/mol. The lowest BCUT2D eigenvalue weighted by Crippen LogP contribution is -2.37. The summed E-state index contributed by atoms with van der Waals surface area (Å²) in [6.45, 7) is 0.668. The predicted octanol–water partition coefficient (Wildman–Crippen LogP) is 1.80. The Morgan fingerprint density at radius 1 is 1.31 bits per heavy atom. The van der Waals surface area contributed by atoms with Crippen molar-refractivity contribution in [3.05, 3.63) is 18.6 Å². The molecule has 2 rings (SSSR count). The van der Waals surface area contributed by atoms with Crippen molar-refractivity contribution in [2.24, 2.45) is 11.7 Å². The molecule has 1 aromatic heterocycles. The Kier molecular flexibility index (Phi) is 4.10. The number of nitrogens with one attached hydrogen (secondary N) is 1. The molecule has 0 spiro atoms. The van der Waals surface area contributed by atoms with Crippen molar-refractivity contribution in [2.75, 3.05) is 11.9 Å². The number of nitrogens with two attached hydrogens (primary N) is 1. The van der Waals surface area contributed by atoms with Gasteiger partial charge in [-0.15, -0.1) is 0 Å². The van der Waals surface area contributed by atoms with Gasteiger partial charge < -0.3 is 11.1 Å². The van der Waals surface area contributed by atoms with Crippen LogP contribution in [-0.4, -0.2) is 22.6 Å². The summed E-state index contributed by atoms with van der Waals surface area (Å²) < 4.78 is 0. The number of nitrogens with zero attached hydrogens (tertiary/aromatic N) is 2. The molecular weight excluding hydrogens is 200 g/mol. The molecule has 4 heteroatoms. The molecule has 0 saturated heterocycles. The first-order valence-electron chi connectivity index (χ1n) is 6.13. The Morgan fingerprint density at radius 2 is 2.12 bits per heavy atom. The van der Waals surface area contributed by atoms with Crippen LogP contribution in [0.5, 0.6) is 0 Å². The molecule has 1 unspecified atom stereocenters. The number of anilines is 1. The third kappa shape index (κ3) is 2.92. The molecule has 1 fully saturated rings. The molecule has 4 nitrogen and oxygen atoms in total. The highest BCUT2D eigenvalue weighted by molar-refractivity contribution is 5.31.